The lowest BCUT2D eigenvalue weighted by atomic mass is 10.0. The Kier molecular flexibility index (Phi) is 6.00. The van der Waals surface area contributed by atoms with Crippen LogP contribution in [-0.2, 0) is 6.54 Å². The first kappa shape index (κ1) is 15.9. The second-order valence-corrected chi connectivity index (χ2v) is 6.77. The number of benzene rings is 1. The van der Waals surface area contributed by atoms with Gasteiger partial charge in [0.15, 0.2) is 0 Å². The normalized spacial score (nSPS) is 20.6. The molecule has 20 heavy (non-hydrogen) atoms. The molecular formula is C16H24BrFN2. The SMILES string of the molecule is CC(C)NCC1CCCCN1Cc1ccc(F)cc1Br. The molecule has 1 atom stereocenters. The van der Waals surface area contributed by atoms with Crippen LogP contribution in [0.5, 0.6) is 0 Å². The number of hydrogen-bond acceptors (Lipinski definition) is 2. The molecule has 1 aliphatic heterocycles. The summed E-state index contributed by atoms with van der Waals surface area (Å²) >= 11 is 3.47. The van der Waals surface area contributed by atoms with E-state index >= 15 is 0 Å². The molecule has 0 aliphatic carbocycles. The van der Waals surface area contributed by atoms with Crippen molar-refractivity contribution in [1.29, 1.82) is 0 Å². The van der Waals surface area contributed by atoms with Crippen LogP contribution in [0.4, 0.5) is 4.39 Å². The number of likely N-dealkylation sites (tertiary alicyclic amines) is 1. The van der Waals surface area contributed by atoms with Crippen molar-refractivity contribution in [3.05, 3.63) is 34.1 Å². The Morgan fingerprint density at radius 3 is 2.90 bits per heavy atom. The first-order chi connectivity index (χ1) is 9.56. The van der Waals surface area contributed by atoms with Crippen LogP contribution >= 0.6 is 15.9 Å². The van der Waals surface area contributed by atoms with Crippen LogP contribution in [0.25, 0.3) is 0 Å². The molecule has 1 unspecified atom stereocenters. The minimum atomic E-state index is -0.183. The number of nitrogens with zero attached hydrogens (tertiary/aromatic N) is 1. The largest absolute Gasteiger partial charge is 0.313 e. The Morgan fingerprint density at radius 1 is 1.40 bits per heavy atom. The fraction of sp³-hybridized carbons (Fsp3) is 0.625. The third kappa shape index (κ3) is 4.54. The van der Waals surface area contributed by atoms with Crippen LogP contribution in [0.2, 0.25) is 0 Å². The second-order valence-electron chi connectivity index (χ2n) is 5.92. The zero-order valence-corrected chi connectivity index (χ0v) is 13.9. The first-order valence-electron chi connectivity index (χ1n) is 7.47. The van der Waals surface area contributed by atoms with E-state index in [1.54, 1.807) is 12.1 Å². The van der Waals surface area contributed by atoms with Gasteiger partial charge in [0.1, 0.15) is 5.82 Å². The van der Waals surface area contributed by atoms with E-state index in [0.29, 0.717) is 12.1 Å². The monoisotopic (exact) mass is 342 g/mol. The molecule has 0 aromatic heterocycles. The molecule has 0 bridgehead atoms. The molecule has 2 nitrogen and oxygen atoms in total. The molecule has 1 aromatic rings. The van der Waals surface area contributed by atoms with Gasteiger partial charge in [-0.05, 0) is 37.1 Å². The molecule has 2 rings (SSSR count). The zero-order chi connectivity index (χ0) is 14.5. The lowest BCUT2D eigenvalue weighted by Gasteiger charge is -2.36. The summed E-state index contributed by atoms with van der Waals surface area (Å²) in [7, 11) is 0. The molecule has 1 aliphatic rings. The lowest BCUT2D eigenvalue weighted by Crippen LogP contribution is -2.46. The number of piperidine rings is 1. The molecule has 0 radical (unpaired) electrons. The molecular weight excluding hydrogens is 319 g/mol. The third-order valence-corrected chi connectivity index (χ3v) is 4.64. The standard InChI is InChI=1S/C16H24BrFN2/c1-12(2)19-10-15-5-3-4-8-20(15)11-13-6-7-14(18)9-16(13)17/h6-7,9,12,15,19H,3-5,8,10-11H2,1-2H3. The lowest BCUT2D eigenvalue weighted by molar-refractivity contribution is 0.135. The van der Waals surface area contributed by atoms with Gasteiger partial charge in [-0.3, -0.25) is 4.90 Å². The minimum absolute atomic E-state index is 0.183. The summed E-state index contributed by atoms with van der Waals surface area (Å²) < 4.78 is 14.0. The van der Waals surface area contributed by atoms with Crippen molar-refractivity contribution in [3.8, 4) is 0 Å². The van der Waals surface area contributed by atoms with Crippen molar-refractivity contribution in [2.75, 3.05) is 13.1 Å². The molecule has 0 amide bonds. The summed E-state index contributed by atoms with van der Waals surface area (Å²) in [6, 6.07) is 6.10. The van der Waals surface area contributed by atoms with Crippen LogP contribution in [0.15, 0.2) is 22.7 Å². The summed E-state index contributed by atoms with van der Waals surface area (Å²) in [6.07, 6.45) is 3.82. The minimum Gasteiger partial charge on any atom is -0.313 e. The van der Waals surface area contributed by atoms with Gasteiger partial charge in [-0.25, -0.2) is 4.39 Å². The van der Waals surface area contributed by atoms with Crippen molar-refractivity contribution in [2.45, 2.75) is 51.7 Å². The maximum Gasteiger partial charge on any atom is 0.124 e. The van der Waals surface area contributed by atoms with Gasteiger partial charge in [-0.2, -0.15) is 0 Å². The predicted molar refractivity (Wildman–Crippen MR) is 85.3 cm³/mol. The van der Waals surface area contributed by atoms with E-state index in [0.717, 1.165) is 24.1 Å². The molecule has 112 valence electrons. The first-order valence-corrected chi connectivity index (χ1v) is 8.27. The number of rotatable bonds is 5. The van der Waals surface area contributed by atoms with Gasteiger partial charge in [0, 0.05) is 29.6 Å². The quantitative estimate of drug-likeness (QED) is 0.871. The summed E-state index contributed by atoms with van der Waals surface area (Å²) in [5.74, 6) is -0.183. The van der Waals surface area contributed by atoms with E-state index in [1.807, 2.05) is 6.07 Å². The van der Waals surface area contributed by atoms with Gasteiger partial charge in [-0.1, -0.05) is 42.3 Å². The van der Waals surface area contributed by atoms with Crippen molar-refractivity contribution in [3.63, 3.8) is 0 Å². The highest BCUT2D eigenvalue weighted by Gasteiger charge is 2.22. The highest BCUT2D eigenvalue weighted by atomic mass is 79.9. The highest BCUT2D eigenvalue weighted by Crippen LogP contribution is 2.24. The van der Waals surface area contributed by atoms with E-state index in [2.05, 4.69) is 40.0 Å². The maximum atomic E-state index is 13.2. The Labute approximate surface area is 129 Å². The van der Waals surface area contributed by atoms with Gasteiger partial charge in [0.2, 0.25) is 0 Å². The molecule has 0 saturated carbocycles. The molecule has 0 spiro atoms. The Hall–Kier alpha value is -0.450. The molecule has 1 N–H and O–H groups in total. The van der Waals surface area contributed by atoms with Gasteiger partial charge in [0.25, 0.3) is 0 Å². The molecule has 4 heteroatoms. The summed E-state index contributed by atoms with van der Waals surface area (Å²) in [4.78, 5) is 2.52. The zero-order valence-electron chi connectivity index (χ0n) is 12.3. The van der Waals surface area contributed by atoms with Crippen LogP contribution in [0, 0.1) is 5.82 Å². The van der Waals surface area contributed by atoms with Crippen LogP contribution < -0.4 is 5.32 Å². The topological polar surface area (TPSA) is 15.3 Å². The van der Waals surface area contributed by atoms with E-state index in [1.165, 1.54) is 24.8 Å². The third-order valence-electron chi connectivity index (χ3n) is 3.90. The summed E-state index contributed by atoms with van der Waals surface area (Å²) in [6.45, 7) is 7.43. The van der Waals surface area contributed by atoms with Crippen molar-refractivity contribution >= 4 is 15.9 Å². The van der Waals surface area contributed by atoms with Crippen molar-refractivity contribution in [2.24, 2.45) is 0 Å². The average molecular weight is 343 g/mol. The fourth-order valence-corrected chi connectivity index (χ4v) is 3.22. The Balaban J connectivity index is 2.00. The Morgan fingerprint density at radius 2 is 2.20 bits per heavy atom. The van der Waals surface area contributed by atoms with Gasteiger partial charge < -0.3 is 5.32 Å². The average Bonchev–Trinajstić information content (AvgIpc) is 2.41. The van der Waals surface area contributed by atoms with Gasteiger partial charge in [-0.15, -0.1) is 0 Å². The fourth-order valence-electron chi connectivity index (χ4n) is 2.74. The van der Waals surface area contributed by atoms with Crippen LogP contribution in [-0.4, -0.2) is 30.1 Å². The van der Waals surface area contributed by atoms with E-state index in [9.17, 15) is 4.39 Å². The molecule has 1 heterocycles. The Bertz CT molecular complexity index is 436. The smallest absolute Gasteiger partial charge is 0.124 e. The van der Waals surface area contributed by atoms with E-state index in [4.69, 9.17) is 0 Å². The van der Waals surface area contributed by atoms with E-state index in [-0.39, 0.29) is 5.82 Å². The second kappa shape index (κ2) is 7.53. The van der Waals surface area contributed by atoms with Crippen LogP contribution in [0.1, 0.15) is 38.7 Å². The molecule has 1 fully saturated rings. The predicted octanol–water partition coefficient (Wildman–Crippen LogP) is 3.94. The van der Waals surface area contributed by atoms with Crippen LogP contribution in [0.3, 0.4) is 0 Å². The number of halogens is 2. The molecule has 1 saturated heterocycles. The summed E-state index contributed by atoms with van der Waals surface area (Å²) in [5, 5.41) is 3.54. The van der Waals surface area contributed by atoms with Crippen molar-refractivity contribution < 1.29 is 4.39 Å². The number of nitrogens with one attached hydrogen (secondary N) is 1. The van der Waals surface area contributed by atoms with Gasteiger partial charge >= 0.3 is 0 Å². The van der Waals surface area contributed by atoms with Gasteiger partial charge in [0.05, 0.1) is 0 Å². The maximum absolute atomic E-state index is 13.2. The number of hydrogen-bond donors (Lipinski definition) is 1. The van der Waals surface area contributed by atoms with E-state index < -0.39 is 0 Å². The highest BCUT2D eigenvalue weighted by molar-refractivity contribution is 9.10. The van der Waals surface area contributed by atoms with Crippen molar-refractivity contribution in [1.82, 2.24) is 10.2 Å². The summed E-state index contributed by atoms with van der Waals surface area (Å²) in [5.41, 5.74) is 1.17. The molecule has 1 aromatic carbocycles.